The SMILES string of the molecule is O=C(Nc1cnc(NCc2c(F)ccc3c2CCO3)n2cnnc12)c1ncco1. The number of amides is 1. The minimum atomic E-state index is -0.538. The molecule has 0 saturated heterocycles. The van der Waals surface area contributed by atoms with Crippen LogP contribution >= 0.6 is 0 Å². The van der Waals surface area contributed by atoms with E-state index >= 15 is 0 Å². The maximum Gasteiger partial charge on any atom is 0.311 e. The maximum absolute atomic E-state index is 14.3. The lowest BCUT2D eigenvalue weighted by Crippen LogP contribution is -2.15. The van der Waals surface area contributed by atoms with Gasteiger partial charge < -0.3 is 19.8 Å². The normalized spacial score (nSPS) is 12.6. The number of carbonyl (C=O) groups is 1. The van der Waals surface area contributed by atoms with E-state index in [9.17, 15) is 9.18 Å². The fourth-order valence-electron chi connectivity index (χ4n) is 3.22. The molecule has 1 amide bonds. The van der Waals surface area contributed by atoms with Crippen molar-refractivity contribution in [3.63, 3.8) is 0 Å². The van der Waals surface area contributed by atoms with Crippen molar-refractivity contribution < 1.29 is 18.3 Å². The minimum Gasteiger partial charge on any atom is -0.493 e. The number of carbonyl (C=O) groups excluding carboxylic acids is 1. The van der Waals surface area contributed by atoms with E-state index in [1.54, 1.807) is 10.5 Å². The first kappa shape index (κ1) is 17.1. The molecule has 5 rings (SSSR count). The van der Waals surface area contributed by atoms with Gasteiger partial charge in [-0.25, -0.2) is 18.8 Å². The van der Waals surface area contributed by atoms with E-state index < -0.39 is 5.91 Å². The standard InChI is InChI=1S/C18H14FN7O3/c19-12-1-2-14-10(3-5-28-14)11(12)7-21-18-22-8-13(15-25-23-9-26(15)18)24-16(27)17-20-4-6-29-17/h1-2,4,6,8-9H,3,5,7H2,(H,21,22)(H,24,27). The molecule has 1 aliphatic rings. The first-order valence-electron chi connectivity index (χ1n) is 8.77. The van der Waals surface area contributed by atoms with Crippen molar-refractivity contribution in [1.29, 1.82) is 0 Å². The highest BCUT2D eigenvalue weighted by molar-refractivity contribution is 6.02. The second-order valence-corrected chi connectivity index (χ2v) is 6.27. The Morgan fingerprint density at radius 3 is 3.10 bits per heavy atom. The van der Waals surface area contributed by atoms with Crippen LogP contribution in [0.1, 0.15) is 21.8 Å². The highest BCUT2D eigenvalue weighted by Gasteiger charge is 2.20. The van der Waals surface area contributed by atoms with Crippen LogP contribution in [0.15, 0.2) is 41.5 Å². The fraction of sp³-hybridized carbons (Fsp3) is 0.167. The van der Waals surface area contributed by atoms with Gasteiger partial charge in [0.25, 0.3) is 5.89 Å². The highest BCUT2D eigenvalue weighted by atomic mass is 19.1. The number of anilines is 2. The van der Waals surface area contributed by atoms with Gasteiger partial charge in [0.05, 0.1) is 19.0 Å². The van der Waals surface area contributed by atoms with Crippen molar-refractivity contribution in [3.05, 3.63) is 60.0 Å². The Kier molecular flexibility index (Phi) is 4.04. The van der Waals surface area contributed by atoms with Gasteiger partial charge in [-0.2, -0.15) is 0 Å². The smallest absolute Gasteiger partial charge is 0.311 e. The summed E-state index contributed by atoms with van der Waals surface area (Å²) >= 11 is 0. The number of benzene rings is 1. The van der Waals surface area contributed by atoms with Crippen LogP contribution in [-0.2, 0) is 13.0 Å². The van der Waals surface area contributed by atoms with E-state index in [2.05, 4.69) is 30.8 Å². The molecule has 1 aliphatic heterocycles. The molecule has 0 unspecified atom stereocenters. The van der Waals surface area contributed by atoms with Gasteiger partial charge in [0.2, 0.25) is 5.95 Å². The van der Waals surface area contributed by atoms with E-state index in [-0.39, 0.29) is 18.3 Å². The lowest BCUT2D eigenvalue weighted by Gasteiger charge is -2.12. The molecule has 29 heavy (non-hydrogen) atoms. The third-order valence-corrected chi connectivity index (χ3v) is 4.57. The molecular weight excluding hydrogens is 381 g/mol. The number of ether oxygens (including phenoxy) is 1. The van der Waals surface area contributed by atoms with Gasteiger partial charge in [-0.05, 0) is 12.1 Å². The van der Waals surface area contributed by atoms with Gasteiger partial charge in [0.1, 0.15) is 29.8 Å². The van der Waals surface area contributed by atoms with Crippen LogP contribution in [0, 0.1) is 5.82 Å². The number of aromatic nitrogens is 5. The minimum absolute atomic E-state index is 0.0829. The van der Waals surface area contributed by atoms with Gasteiger partial charge in [0, 0.05) is 24.1 Å². The van der Waals surface area contributed by atoms with Crippen LogP contribution in [-0.4, -0.2) is 37.1 Å². The molecular formula is C18H14FN7O3. The summed E-state index contributed by atoms with van der Waals surface area (Å²) in [5, 5.41) is 13.6. The highest BCUT2D eigenvalue weighted by Crippen LogP contribution is 2.30. The Morgan fingerprint density at radius 2 is 2.24 bits per heavy atom. The Morgan fingerprint density at radius 1 is 1.31 bits per heavy atom. The number of nitrogens with zero attached hydrogens (tertiary/aromatic N) is 5. The third kappa shape index (κ3) is 3.02. The Labute approximate surface area is 162 Å². The van der Waals surface area contributed by atoms with Crippen molar-refractivity contribution in [1.82, 2.24) is 24.6 Å². The van der Waals surface area contributed by atoms with E-state index in [0.29, 0.717) is 41.6 Å². The lowest BCUT2D eigenvalue weighted by atomic mass is 10.0. The zero-order valence-electron chi connectivity index (χ0n) is 14.9. The van der Waals surface area contributed by atoms with Crippen LogP contribution in [0.3, 0.4) is 0 Å². The number of halogens is 1. The first-order chi connectivity index (χ1) is 14.2. The second-order valence-electron chi connectivity index (χ2n) is 6.27. The fourth-order valence-corrected chi connectivity index (χ4v) is 3.22. The van der Waals surface area contributed by atoms with E-state index in [4.69, 9.17) is 9.15 Å². The summed E-state index contributed by atoms with van der Waals surface area (Å²) in [5.41, 5.74) is 2.08. The lowest BCUT2D eigenvalue weighted by molar-refractivity contribution is 0.0990. The van der Waals surface area contributed by atoms with Crippen LogP contribution in [0.5, 0.6) is 5.75 Å². The van der Waals surface area contributed by atoms with Crippen LogP contribution in [0.25, 0.3) is 5.65 Å². The summed E-state index contributed by atoms with van der Waals surface area (Å²) in [7, 11) is 0. The molecule has 2 N–H and O–H groups in total. The van der Waals surface area contributed by atoms with Gasteiger partial charge in [-0.1, -0.05) is 0 Å². The zero-order valence-corrected chi connectivity index (χ0v) is 14.9. The maximum atomic E-state index is 14.3. The summed E-state index contributed by atoms with van der Waals surface area (Å²) in [6.07, 6.45) is 6.21. The Bertz CT molecular complexity index is 1210. The number of hydrogen-bond acceptors (Lipinski definition) is 8. The molecule has 3 aromatic heterocycles. The number of nitrogens with one attached hydrogen (secondary N) is 2. The molecule has 10 nitrogen and oxygen atoms in total. The monoisotopic (exact) mass is 395 g/mol. The molecule has 0 saturated carbocycles. The first-order valence-corrected chi connectivity index (χ1v) is 8.77. The van der Waals surface area contributed by atoms with E-state index in [1.165, 1.54) is 31.1 Å². The van der Waals surface area contributed by atoms with Crippen molar-refractivity contribution >= 4 is 23.2 Å². The molecule has 0 aliphatic carbocycles. The molecule has 4 aromatic rings. The van der Waals surface area contributed by atoms with Crippen LogP contribution < -0.4 is 15.4 Å². The third-order valence-electron chi connectivity index (χ3n) is 4.57. The van der Waals surface area contributed by atoms with Gasteiger partial charge in [-0.3, -0.25) is 4.79 Å². The van der Waals surface area contributed by atoms with Gasteiger partial charge in [-0.15, -0.1) is 10.2 Å². The molecule has 4 heterocycles. The van der Waals surface area contributed by atoms with Crippen LogP contribution in [0.2, 0.25) is 0 Å². The Balaban J connectivity index is 1.41. The average molecular weight is 395 g/mol. The summed E-state index contributed by atoms with van der Waals surface area (Å²) in [6, 6.07) is 3.03. The van der Waals surface area contributed by atoms with E-state index in [0.717, 1.165) is 5.56 Å². The van der Waals surface area contributed by atoms with Crippen molar-refractivity contribution in [2.45, 2.75) is 13.0 Å². The average Bonchev–Trinajstić information content (AvgIpc) is 3.48. The summed E-state index contributed by atoms with van der Waals surface area (Å²) < 4.78 is 26.4. The number of hydrogen-bond donors (Lipinski definition) is 2. The van der Waals surface area contributed by atoms with Gasteiger partial charge in [0.15, 0.2) is 5.65 Å². The second kappa shape index (κ2) is 6.86. The summed E-state index contributed by atoms with van der Waals surface area (Å²) in [5.74, 6) is 0.173. The predicted octanol–water partition coefficient (Wildman–Crippen LogP) is 2.05. The largest absolute Gasteiger partial charge is 0.493 e. The van der Waals surface area contributed by atoms with Crippen molar-refractivity contribution in [2.75, 3.05) is 17.2 Å². The summed E-state index contributed by atoms with van der Waals surface area (Å²) in [6.45, 7) is 0.749. The molecule has 11 heteroatoms. The van der Waals surface area contributed by atoms with E-state index in [1.807, 2.05) is 0 Å². The topological polar surface area (TPSA) is 119 Å². The molecule has 0 radical (unpaired) electrons. The van der Waals surface area contributed by atoms with Crippen molar-refractivity contribution in [2.24, 2.45) is 0 Å². The quantitative estimate of drug-likeness (QED) is 0.527. The van der Waals surface area contributed by atoms with Gasteiger partial charge >= 0.3 is 5.91 Å². The molecule has 0 bridgehead atoms. The Hall–Kier alpha value is -4.02. The summed E-state index contributed by atoms with van der Waals surface area (Å²) in [4.78, 5) is 20.3. The molecule has 146 valence electrons. The molecule has 1 aromatic carbocycles. The number of fused-ring (bicyclic) bond motifs is 2. The molecule has 0 atom stereocenters. The number of rotatable bonds is 5. The molecule has 0 fully saturated rings. The van der Waals surface area contributed by atoms with Crippen LogP contribution in [0.4, 0.5) is 16.0 Å². The number of oxazole rings is 1. The zero-order chi connectivity index (χ0) is 19.8. The predicted molar refractivity (Wildman–Crippen MR) is 98.2 cm³/mol. The molecule has 0 spiro atoms. The van der Waals surface area contributed by atoms with Crippen molar-refractivity contribution in [3.8, 4) is 5.75 Å².